The first-order chi connectivity index (χ1) is 4.41. The van der Waals surface area contributed by atoms with Crippen molar-refractivity contribution in [3.63, 3.8) is 0 Å². The SMILES string of the molecule is CCCCCCCCC.[Br-]. The van der Waals surface area contributed by atoms with Crippen LogP contribution in [0.4, 0.5) is 0 Å². The Hall–Kier alpha value is 0.480. The van der Waals surface area contributed by atoms with Crippen LogP contribution < -0.4 is 17.0 Å². The van der Waals surface area contributed by atoms with E-state index in [4.69, 9.17) is 0 Å². The zero-order valence-electron chi connectivity index (χ0n) is 7.33. The molecule has 0 aliphatic heterocycles. The van der Waals surface area contributed by atoms with Crippen molar-refractivity contribution in [3.8, 4) is 0 Å². The quantitative estimate of drug-likeness (QED) is 0.565. The summed E-state index contributed by atoms with van der Waals surface area (Å²) in [6.07, 6.45) is 9.97. The lowest BCUT2D eigenvalue weighted by Crippen LogP contribution is -3.00. The Morgan fingerprint density at radius 3 is 1.20 bits per heavy atom. The summed E-state index contributed by atoms with van der Waals surface area (Å²) in [6.45, 7) is 4.53. The number of halogens is 1. The van der Waals surface area contributed by atoms with Crippen molar-refractivity contribution in [2.45, 2.75) is 58.8 Å². The van der Waals surface area contributed by atoms with Gasteiger partial charge >= 0.3 is 0 Å². The highest BCUT2D eigenvalue weighted by atomic mass is 79.9. The van der Waals surface area contributed by atoms with Gasteiger partial charge in [-0.05, 0) is 0 Å². The van der Waals surface area contributed by atoms with Crippen LogP contribution in [0.25, 0.3) is 0 Å². The lowest BCUT2D eigenvalue weighted by Gasteiger charge is -1.96. The fraction of sp³-hybridized carbons (Fsp3) is 1.00. The van der Waals surface area contributed by atoms with Crippen LogP contribution in [0.5, 0.6) is 0 Å². The van der Waals surface area contributed by atoms with Crippen LogP contribution in [0.1, 0.15) is 58.8 Å². The predicted molar refractivity (Wildman–Crippen MR) is 43.7 cm³/mol. The molecule has 0 aromatic rings. The van der Waals surface area contributed by atoms with Gasteiger partial charge in [-0.15, -0.1) is 0 Å². The third-order valence-electron chi connectivity index (χ3n) is 1.71. The van der Waals surface area contributed by atoms with Gasteiger partial charge in [0.25, 0.3) is 0 Å². The van der Waals surface area contributed by atoms with Gasteiger partial charge in [0.15, 0.2) is 0 Å². The number of unbranched alkanes of at least 4 members (excludes halogenated alkanes) is 6. The maximum Gasteiger partial charge on any atom is -0.0533 e. The first-order valence-electron chi connectivity index (χ1n) is 4.41. The zero-order chi connectivity index (χ0) is 6.95. The summed E-state index contributed by atoms with van der Waals surface area (Å²) in [6, 6.07) is 0. The topological polar surface area (TPSA) is 0 Å². The van der Waals surface area contributed by atoms with E-state index in [0.717, 1.165) is 0 Å². The summed E-state index contributed by atoms with van der Waals surface area (Å²) in [5.41, 5.74) is 0. The maximum absolute atomic E-state index is 2.26. The molecule has 0 aliphatic carbocycles. The molecule has 0 aliphatic rings. The monoisotopic (exact) mass is 207 g/mol. The van der Waals surface area contributed by atoms with Crippen molar-refractivity contribution < 1.29 is 17.0 Å². The van der Waals surface area contributed by atoms with Gasteiger partial charge in [-0.25, -0.2) is 0 Å². The van der Waals surface area contributed by atoms with E-state index in [1.54, 1.807) is 0 Å². The van der Waals surface area contributed by atoms with Gasteiger partial charge in [-0.3, -0.25) is 0 Å². The summed E-state index contributed by atoms with van der Waals surface area (Å²) in [5, 5.41) is 0. The molecule has 0 fully saturated rings. The standard InChI is InChI=1S/C9H20.BrH/c1-3-5-7-9-8-6-4-2;/h3-9H2,1-2H3;1H/p-1. The summed E-state index contributed by atoms with van der Waals surface area (Å²) in [5.74, 6) is 0. The molecular weight excluding hydrogens is 188 g/mol. The molecule has 0 bridgehead atoms. The first-order valence-corrected chi connectivity index (χ1v) is 4.41. The highest BCUT2D eigenvalue weighted by molar-refractivity contribution is 4.41. The van der Waals surface area contributed by atoms with Crippen LogP contribution in [0.15, 0.2) is 0 Å². The highest BCUT2D eigenvalue weighted by Gasteiger charge is 1.85. The summed E-state index contributed by atoms with van der Waals surface area (Å²) in [4.78, 5) is 0. The van der Waals surface area contributed by atoms with E-state index >= 15 is 0 Å². The molecule has 0 saturated carbocycles. The van der Waals surface area contributed by atoms with E-state index < -0.39 is 0 Å². The number of rotatable bonds is 6. The molecule has 0 nitrogen and oxygen atoms in total. The fourth-order valence-corrected chi connectivity index (χ4v) is 1.03. The van der Waals surface area contributed by atoms with E-state index in [1.807, 2.05) is 0 Å². The predicted octanol–water partition coefficient (Wildman–Crippen LogP) is 0.761. The van der Waals surface area contributed by atoms with Crippen molar-refractivity contribution in [2.75, 3.05) is 0 Å². The van der Waals surface area contributed by atoms with Gasteiger partial charge < -0.3 is 17.0 Å². The van der Waals surface area contributed by atoms with E-state index in [0.29, 0.717) is 0 Å². The van der Waals surface area contributed by atoms with E-state index in [1.165, 1.54) is 44.9 Å². The second-order valence-corrected chi connectivity index (χ2v) is 2.77. The van der Waals surface area contributed by atoms with E-state index in [-0.39, 0.29) is 17.0 Å². The number of hydrogen-bond acceptors (Lipinski definition) is 0. The second-order valence-electron chi connectivity index (χ2n) is 2.77. The molecule has 0 spiro atoms. The molecule has 0 amide bonds. The Balaban J connectivity index is 0. The van der Waals surface area contributed by atoms with Crippen LogP contribution in [0, 0.1) is 0 Å². The Kier molecular flexibility index (Phi) is 16.0. The van der Waals surface area contributed by atoms with Crippen molar-refractivity contribution >= 4 is 0 Å². The third-order valence-corrected chi connectivity index (χ3v) is 1.71. The molecule has 0 N–H and O–H groups in total. The molecular formula is C9H20Br-. The molecule has 10 heavy (non-hydrogen) atoms. The Morgan fingerprint density at radius 1 is 0.600 bits per heavy atom. The summed E-state index contributed by atoms with van der Waals surface area (Å²) >= 11 is 0. The van der Waals surface area contributed by atoms with Crippen LogP contribution in [-0.2, 0) is 0 Å². The molecule has 0 rings (SSSR count). The van der Waals surface area contributed by atoms with Gasteiger partial charge in [0.2, 0.25) is 0 Å². The summed E-state index contributed by atoms with van der Waals surface area (Å²) in [7, 11) is 0. The second kappa shape index (κ2) is 12.2. The lowest BCUT2D eigenvalue weighted by atomic mass is 10.1. The molecule has 0 atom stereocenters. The van der Waals surface area contributed by atoms with Crippen LogP contribution in [-0.4, -0.2) is 0 Å². The minimum atomic E-state index is 0. The smallest absolute Gasteiger partial charge is 0.0533 e. The Bertz CT molecular complexity index is 38.0. The minimum absolute atomic E-state index is 0. The molecule has 0 radical (unpaired) electrons. The Labute approximate surface area is 76.2 Å². The molecule has 0 aromatic heterocycles. The molecule has 1 heteroatoms. The van der Waals surface area contributed by atoms with E-state index in [9.17, 15) is 0 Å². The van der Waals surface area contributed by atoms with Crippen LogP contribution in [0.3, 0.4) is 0 Å². The van der Waals surface area contributed by atoms with Crippen molar-refractivity contribution in [2.24, 2.45) is 0 Å². The van der Waals surface area contributed by atoms with E-state index in [2.05, 4.69) is 13.8 Å². The van der Waals surface area contributed by atoms with Crippen molar-refractivity contribution in [1.29, 1.82) is 0 Å². The molecule has 0 heterocycles. The van der Waals surface area contributed by atoms with Crippen molar-refractivity contribution in [1.82, 2.24) is 0 Å². The summed E-state index contributed by atoms with van der Waals surface area (Å²) < 4.78 is 0. The van der Waals surface area contributed by atoms with Crippen LogP contribution >= 0.6 is 0 Å². The van der Waals surface area contributed by atoms with Gasteiger partial charge in [0.1, 0.15) is 0 Å². The highest BCUT2D eigenvalue weighted by Crippen LogP contribution is 2.05. The molecule has 0 unspecified atom stereocenters. The third kappa shape index (κ3) is 11.3. The van der Waals surface area contributed by atoms with Gasteiger partial charge in [-0.2, -0.15) is 0 Å². The lowest BCUT2D eigenvalue weighted by molar-refractivity contribution is -0.00000214. The minimum Gasteiger partial charge on any atom is -1.00 e. The molecule has 0 saturated heterocycles. The first kappa shape index (κ1) is 13.1. The Morgan fingerprint density at radius 2 is 0.900 bits per heavy atom. The van der Waals surface area contributed by atoms with Gasteiger partial charge in [0, 0.05) is 0 Å². The molecule has 64 valence electrons. The average molecular weight is 208 g/mol. The van der Waals surface area contributed by atoms with Gasteiger partial charge in [-0.1, -0.05) is 58.8 Å². The van der Waals surface area contributed by atoms with Gasteiger partial charge in [0.05, 0.1) is 0 Å². The van der Waals surface area contributed by atoms with Crippen molar-refractivity contribution in [3.05, 3.63) is 0 Å². The van der Waals surface area contributed by atoms with Crippen LogP contribution in [0.2, 0.25) is 0 Å². The zero-order valence-corrected chi connectivity index (χ0v) is 8.91. The fourth-order valence-electron chi connectivity index (χ4n) is 1.03. The number of hydrogen-bond donors (Lipinski definition) is 0. The average Bonchev–Trinajstić information content (AvgIpc) is 1.89. The maximum atomic E-state index is 2.26. The normalized spacial score (nSPS) is 9.00. The molecule has 0 aromatic carbocycles. The largest absolute Gasteiger partial charge is 1.00 e.